The van der Waals surface area contributed by atoms with Gasteiger partial charge in [-0.05, 0) is 42.0 Å². The quantitative estimate of drug-likeness (QED) is 0.174. The van der Waals surface area contributed by atoms with Gasteiger partial charge in [0.05, 0.1) is 13.2 Å². The molecular formula is C28H39N5O6. The molecule has 0 spiro atoms. The number of carbonyl (C=O) groups excluding carboxylic acids is 4. The summed E-state index contributed by atoms with van der Waals surface area (Å²) in [7, 11) is 0. The van der Waals surface area contributed by atoms with Gasteiger partial charge in [-0.15, -0.1) is 0 Å². The summed E-state index contributed by atoms with van der Waals surface area (Å²) in [4.78, 5) is 49.6. The smallest absolute Gasteiger partial charge is 0.246 e. The van der Waals surface area contributed by atoms with Crippen LogP contribution in [-0.2, 0) is 36.8 Å². The van der Waals surface area contributed by atoms with Crippen LogP contribution in [0.1, 0.15) is 31.4 Å². The van der Waals surface area contributed by atoms with Crippen LogP contribution in [0.15, 0.2) is 54.6 Å². The molecule has 0 radical (unpaired) electrons. The first kappa shape index (κ1) is 31.3. The Morgan fingerprint density at radius 2 is 1.51 bits per heavy atom. The molecule has 2 aromatic carbocycles. The van der Waals surface area contributed by atoms with Gasteiger partial charge >= 0.3 is 0 Å². The Bertz CT molecular complexity index is 1080. The number of nitrogens with one attached hydrogen (secondary N) is 3. The third-order valence-electron chi connectivity index (χ3n) is 5.75. The second kappa shape index (κ2) is 16.1. The van der Waals surface area contributed by atoms with Gasteiger partial charge in [-0.2, -0.15) is 0 Å². The zero-order valence-electron chi connectivity index (χ0n) is 22.4. The zero-order valence-corrected chi connectivity index (χ0v) is 22.4. The van der Waals surface area contributed by atoms with Crippen LogP contribution in [0.2, 0.25) is 0 Å². The minimum absolute atomic E-state index is 0.116. The molecule has 39 heavy (non-hydrogen) atoms. The van der Waals surface area contributed by atoms with Crippen molar-refractivity contribution in [1.29, 1.82) is 0 Å². The maximum atomic E-state index is 13.0. The number of phenols is 1. The van der Waals surface area contributed by atoms with Crippen LogP contribution in [0, 0.1) is 5.92 Å². The van der Waals surface area contributed by atoms with Crippen molar-refractivity contribution in [1.82, 2.24) is 16.0 Å². The van der Waals surface area contributed by atoms with Crippen molar-refractivity contribution >= 4 is 23.6 Å². The Morgan fingerprint density at radius 3 is 2.13 bits per heavy atom. The Morgan fingerprint density at radius 1 is 0.872 bits per heavy atom. The van der Waals surface area contributed by atoms with Crippen LogP contribution in [0.5, 0.6) is 5.75 Å². The predicted octanol–water partition coefficient (Wildman–Crippen LogP) is 0.139. The molecule has 2 rings (SSSR count). The zero-order chi connectivity index (χ0) is 28.8. The highest BCUT2D eigenvalue weighted by Gasteiger charge is 2.26. The van der Waals surface area contributed by atoms with Crippen LogP contribution >= 0.6 is 0 Å². The molecule has 2 aromatic rings. The van der Waals surface area contributed by atoms with Gasteiger partial charge in [-0.1, -0.05) is 56.3 Å². The molecule has 0 heterocycles. The van der Waals surface area contributed by atoms with Crippen molar-refractivity contribution in [2.24, 2.45) is 17.4 Å². The van der Waals surface area contributed by atoms with E-state index >= 15 is 0 Å². The fourth-order valence-corrected chi connectivity index (χ4v) is 3.82. The second-order valence-corrected chi connectivity index (χ2v) is 9.83. The minimum atomic E-state index is -0.986. The van der Waals surface area contributed by atoms with E-state index in [-0.39, 0.29) is 43.9 Å². The molecule has 4 amide bonds. The van der Waals surface area contributed by atoms with E-state index in [2.05, 4.69) is 16.0 Å². The van der Waals surface area contributed by atoms with Crippen LogP contribution in [-0.4, -0.2) is 66.6 Å². The highest BCUT2D eigenvalue weighted by atomic mass is 16.5. The van der Waals surface area contributed by atoms with E-state index in [1.54, 1.807) is 24.3 Å². The third-order valence-corrected chi connectivity index (χ3v) is 5.75. The summed E-state index contributed by atoms with van der Waals surface area (Å²) in [6.45, 7) is 3.27. The summed E-state index contributed by atoms with van der Waals surface area (Å²) in [6.07, 6.45) is 1.05. The maximum Gasteiger partial charge on any atom is 0.246 e. The molecule has 0 fully saturated rings. The van der Waals surface area contributed by atoms with Gasteiger partial charge in [-0.25, -0.2) is 0 Å². The van der Waals surface area contributed by atoms with E-state index in [9.17, 15) is 24.3 Å². The summed E-state index contributed by atoms with van der Waals surface area (Å²) in [5, 5.41) is 17.1. The van der Waals surface area contributed by atoms with Gasteiger partial charge in [-0.3, -0.25) is 19.2 Å². The van der Waals surface area contributed by atoms with Crippen LogP contribution in [0.4, 0.5) is 0 Å². The van der Waals surface area contributed by atoms with Gasteiger partial charge in [0.2, 0.25) is 23.6 Å². The van der Waals surface area contributed by atoms with E-state index in [0.717, 1.165) is 11.1 Å². The lowest BCUT2D eigenvalue weighted by molar-refractivity contribution is -0.132. The first-order valence-corrected chi connectivity index (χ1v) is 12.8. The Kier molecular flexibility index (Phi) is 12.9. The van der Waals surface area contributed by atoms with Crippen molar-refractivity contribution in [3.05, 3.63) is 65.7 Å². The number of primary amides is 1. The van der Waals surface area contributed by atoms with Gasteiger partial charge in [0, 0.05) is 12.5 Å². The average molecular weight is 542 g/mol. The fourth-order valence-electron chi connectivity index (χ4n) is 3.82. The molecule has 0 saturated heterocycles. The molecule has 0 aromatic heterocycles. The summed E-state index contributed by atoms with van der Waals surface area (Å²) >= 11 is 0. The average Bonchev–Trinajstić information content (AvgIpc) is 2.88. The lowest BCUT2D eigenvalue weighted by Gasteiger charge is -2.23. The number of carbonyl (C=O) groups is 4. The molecule has 8 N–H and O–H groups in total. The van der Waals surface area contributed by atoms with E-state index in [4.69, 9.17) is 16.2 Å². The molecule has 11 heteroatoms. The molecule has 0 aliphatic heterocycles. The molecule has 212 valence electrons. The largest absolute Gasteiger partial charge is 0.508 e. The number of benzene rings is 2. The topological polar surface area (TPSA) is 186 Å². The molecule has 0 aliphatic rings. The monoisotopic (exact) mass is 541 g/mol. The highest BCUT2D eigenvalue weighted by molar-refractivity contribution is 5.93. The number of amides is 4. The third kappa shape index (κ3) is 12.4. The maximum absolute atomic E-state index is 13.0. The lowest BCUT2D eigenvalue weighted by Crippen LogP contribution is -2.55. The highest BCUT2D eigenvalue weighted by Crippen LogP contribution is 2.11. The van der Waals surface area contributed by atoms with Gasteiger partial charge in [0.25, 0.3) is 0 Å². The fraction of sp³-hybridized carbons (Fsp3) is 0.429. The predicted molar refractivity (Wildman–Crippen MR) is 146 cm³/mol. The number of phenolic OH excluding ortho intramolecular Hbond substituents is 1. The van der Waals surface area contributed by atoms with E-state index in [1.165, 1.54) is 0 Å². The molecule has 0 saturated carbocycles. The number of ether oxygens (including phenoxy) is 1. The molecule has 3 atom stereocenters. The number of hydrogen-bond donors (Lipinski definition) is 6. The molecule has 1 unspecified atom stereocenters. The van der Waals surface area contributed by atoms with Crippen molar-refractivity contribution < 1.29 is 29.0 Å². The number of hydrogen-bond acceptors (Lipinski definition) is 7. The first-order chi connectivity index (χ1) is 18.5. The van der Waals surface area contributed by atoms with Crippen LogP contribution in [0.25, 0.3) is 0 Å². The summed E-state index contributed by atoms with van der Waals surface area (Å²) in [5.41, 5.74) is 13.2. The van der Waals surface area contributed by atoms with Crippen LogP contribution in [0.3, 0.4) is 0 Å². The Hall–Kier alpha value is -3.96. The minimum Gasteiger partial charge on any atom is -0.508 e. The van der Waals surface area contributed by atoms with Crippen molar-refractivity contribution in [2.75, 3.05) is 19.8 Å². The Balaban J connectivity index is 1.84. The second-order valence-electron chi connectivity index (χ2n) is 9.83. The summed E-state index contributed by atoms with van der Waals surface area (Å²) in [5.74, 6) is -2.02. The normalized spacial score (nSPS) is 13.2. The van der Waals surface area contributed by atoms with Gasteiger partial charge in [0.1, 0.15) is 24.4 Å². The first-order valence-electron chi connectivity index (χ1n) is 12.8. The lowest BCUT2D eigenvalue weighted by atomic mass is 10.0. The van der Waals surface area contributed by atoms with Crippen LogP contribution < -0.4 is 27.4 Å². The molecule has 0 bridgehead atoms. The van der Waals surface area contributed by atoms with Crippen molar-refractivity contribution in [3.8, 4) is 5.75 Å². The molecule has 0 aliphatic carbocycles. The molecule has 11 nitrogen and oxygen atoms in total. The van der Waals surface area contributed by atoms with E-state index < -0.39 is 35.7 Å². The van der Waals surface area contributed by atoms with Gasteiger partial charge in [0.15, 0.2) is 0 Å². The Labute approximate surface area is 228 Å². The van der Waals surface area contributed by atoms with Gasteiger partial charge < -0.3 is 37.3 Å². The summed E-state index contributed by atoms with van der Waals surface area (Å²) in [6, 6.07) is 13.5. The SMILES string of the molecule is CC(C)C[C@H](NC(=O)[C@H](Cc1ccccc1)NC(=O)CNC(=O)COCC(N)Cc1ccc(O)cc1)C(N)=O. The molecular weight excluding hydrogens is 502 g/mol. The standard InChI is InChI=1S/C28H39N5O6/c1-18(2)12-23(27(30)37)33-28(38)24(14-19-6-4-3-5-7-19)32-25(35)15-31-26(36)17-39-16-21(29)13-20-8-10-22(34)11-9-20/h3-11,18,21,23-24,34H,12-17,29H2,1-2H3,(H2,30,37)(H,31,36)(H,32,35)(H,33,38)/t21?,23-,24-/m0/s1. The van der Waals surface area contributed by atoms with Crippen molar-refractivity contribution in [2.45, 2.75) is 51.2 Å². The number of nitrogens with two attached hydrogens (primary N) is 2. The number of aromatic hydroxyl groups is 1. The van der Waals surface area contributed by atoms with Crippen molar-refractivity contribution in [3.63, 3.8) is 0 Å². The number of rotatable bonds is 16. The van der Waals surface area contributed by atoms with E-state index in [0.29, 0.717) is 12.8 Å². The van der Waals surface area contributed by atoms with E-state index in [1.807, 2.05) is 44.2 Å². The summed E-state index contributed by atoms with van der Waals surface area (Å²) < 4.78 is 5.36.